The number of hydrogen-bond acceptors (Lipinski definition) is 6. The first-order valence-corrected chi connectivity index (χ1v) is 8.21. The monoisotopic (exact) mass is 371 g/mol. The van der Waals surface area contributed by atoms with Crippen LogP contribution >= 0.6 is 11.3 Å². The molecular weight excluding hydrogens is 356 g/mol. The van der Waals surface area contributed by atoms with Crippen LogP contribution in [0.2, 0.25) is 0 Å². The van der Waals surface area contributed by atoms with Gasteiger partial charge >= 0.3 is 6.09 Å². The van der Waals surface area contributed by atoms with Gasteiger partial charge in [-0.05, 0) is 23.9 Å². The van der Waals surface area contributed by atoms with Crippen LogP contribution in [-0.2, 0) is 15.5 Å². The lowest BCUT2D eigenvalue weighted by atomic mass is 10.1. The summed E-state index contributed by atoms with van der Waals surface area (Å²) in [6.45, 7) is 0. The summed E-state index contributed by atoms with van der Waals surface area (Å²) in [5.41, 5.74) is 0. The Bertz CT molecular complexity index is 794. The third kappa shape index (κ3) is 3.37. The van der Waals surface area contributed by atoms with Crippen LogP contribution in [0.3, 0.4) is 0 Å². The van der Waals surface area contributed by atoms with Crippen molar-refractivity contribution in [2.45, 2.75) is 24.9 Å². The first-order chi connectivity index (χ1) is 11.8. The van der Waals surface area contributed by atoms with Crippen LogP contribution in [0, 0.1) is 0 Å². The smallest absolute Gasteiger partial charge is 0.414 e. The summed E-state index contributed by atoms with van der Waals surface area (Å²) in [6.07, 6.45) is -2.95. The number of carbonyl (C=O) groups is 2. The van der Waals surface area contributed by atoms with Gasteiger partial charge in [0.1, 0.15) is 0 Å². The minimum atomic E-state index is -3.15. The standard InChI is InChI=1S/C16H15F2NO5S/c1-22-10-5-8-6-13(25-12(8)7-11(10)23-2)16(17,18)4-3-9-14(20)19-15(21)24-9/h5-7,9H,3-4H2,1-2H3,(H,19,20,21). The molecule has 1 atom stereocenters. The van der Waals surface area contributed by atoms with E-state index in [1.54, 1.807) is 12.1 Å². The van der Waals surface area contributed by atoms with E-state index >= 15 is 0 Å². The molecule has 1 aromatic heterocycles. The molecule has 3 rings (SSSR count). The van der Waals surface area contributed by atoms with E-state index in [0.717, 1.165) is 11.3 Å². The van der Waals surface area contributed by atoms with E-state index in [4.69, 9.17) is 9.47 Å². The summed E-state index contributed by atoms with van der Waals surface area (Å²) in [6, 6.07) is 4.67. The Morgan fingerprint density at radius 2 is 1.88 bits per heavy atom. The van der Waals surface area contributed by atoms with Gasteiger partial charge in [-0.2, -0.15) is 0 Å². The number of fused-ring (bicyclic) bond motifs is 1. The van der Waals surface area contributed by atoms with Gasteiger partial charge in [-0.3, -0.25) is 10.1 Å². The highest BCUT2D eigenvalue weighted by atomic mass is 32.1. The number of carbonyl (C=O) groups excluding carboxylic acids is 2. The molecule has 0 spiro atoms. The molecule has 0 radical (unpaired) electrons. The van der Waals surface area contributed by atoms with Crippen LogP contribution in [0.15, 0.2) is 18.2 Å². The lowest BCUT2D eigenvalue weighted by Gasteiger charge is -2.15. The SMILES string of the molecule is COc1cc2cc(C(F)(F)CCC3OC(=O)NC3=O)sc2cc1OC. The molecule has 0 saturated carbocycles. The van der Waals surface area contributed by atoms with Gasteiger partial charge < -0.3 is 14.2 Å². The molecule has 1 fully saturated rings. The quantitative estimate of drug-likeness (QED) is 0.842. The molecule has 134 valence electrons. The van der Waals surface area contributed by atoms with E-state index < -0.39 is 30.4 Å². The van der Waals surface area contributed by atoms with Crippen molar-refractivity contribution in [3.63, 3.8) is 0 Å². The number of benzene rings is 1. The second-order valence-corrected chi connectivity index (χ2v) is 6.57. The lowest BCUT2D eigenvalue weighted by molar-refractivity contribution is -0.124. The first-order valence-electron chi connectivity index (χ1n) is 7.39. The van der Waals surface area contributed by atoms with Crippen LogP contribution in [0.4, 0.5) is 13.6 Å². The van der Waals surface area contributed by atoms with Crippen LogP contribution in [-0.4, -0.2) is 32.3 Å². The fourth-order valence-corrected chi connectivity index (χ4v) is 3.64. The zero-order valence-corrected chi connectivity index (χ0v) is 14.2. The van der Waals surface area contributed by atoms with Crippen molar-refractivity contribution >= 4 is 33.4 Å². The maximum Gasteiger partial charge on any atom is 0.414 e. The Morgan fingerprint density at radius 3 is 2.48 bits per heavy atom. The van der Waals surface area contributed by atoms with Crippen molar-refractivity contribution in [3.8, 4) is 11.5 Å². The Balaban J connectivity index is 1.81. The Labute approximate surface area is 145 Å². The first kappa shape index (κ1) is 17.4. The molecule has 6 nitrogen and oxygen atoms in total. The number of nitrogens with one attached hydrogen (secondary N) is 1. The number of thiophene rings is 1. The Morgan fingerprint density at radius 1 is 1.20 bits per heavy atom. The van der Waals surface area contributed by atoms with E-state index in [2.05, 4.69) is 4.74 Å². The molecule has 1 N–H and O–H groups in total. The van der Waals surface area contributed by atoms with Crippen molar-refractivity contribution < 1.29 is 32.6 Å². The fourth-order valence-electron chi connectivity index (χ4n) is 2.57. The molecule has 9 heteroatoms. The Hall–Kier alpha value is -2.42. The van der Waals surface area contributed by atoms with Crippen LogP contribution < -0.4 is 14.8 Å². The number of amides is 2. The number of ether oxygens (including phenoxy) is 3. The Kier molecular flexibility index (Phi) is 4.51. The van der Waals surface area contributed by atoms with E-state index in [0.29, 0.717) is 21.6 Å². The van der Waals surface area contributed by atoms with Crippen LogP contribution in [0.25, 0.3) is 10.1 Å². The number of halogens is 2. The zero-order valence-electron chi connectivity index (χ0n) is 13.4. The molecule has 2 heterocycles. The number of alkyl halides is 2. The van der Waals surface area contributed by atoms with Crippen LogP contribution in [0.1, 0.15) is 17.7 Å². The molecule has 2 amide bonds. The zero-order chi connectivity index (χ0) is 18.2. The van der Waals surface area contributed by atoms with Gasteiger partial charge in [-0.1, -0.05) is 0 Å². The summed E-state index contributed by atoms with van der Waals surface area (Å²) in [7, 11) is 2.94. The number of alkyl carbamates (subject to hydrolysis) is 1. The molecular formula is C16H15F2NO5S. The second-order valence-electron chi connectivity index (χ2n) is 5.48. The van der Waals surface area contributed by atoms with Gasteiger partial charge in [0.05, 0.1) is 19.1 Å². The molecule has 0 aliphatic carbocycles. The highest BCUT2D eigenvalue weighted by Crippen LogP contribution is 2.43. The molecule has 1 aliphatic rings. The van der Waals surface area contributed by atoms with Gasteiger partial charge in [0.25, 0.3) is 11.8 Å². The minimum absolute atomic E-state index is 0.137. The van der Waals surface area contributed by atoms with Gasteiger partial charge in [-0.15, -0.1) is 11.3 Å². The van der Waals surface area contributed by atoms with E-state index in [9.17, 15) is 18.4 Å². The summed E-state index contributed by atoms with van der Waals surface area (Å²) in [5, 5.41) is 2.53. The summed E-state index contributed by atoms with van der Waals surface area (Å²) in [5.74, 6) is -2.93. The predicted molar refractivity (Wildman–Crippen MR) is 86.5 cm³/mol. The van der Waals surface area contributed by atoms with Crippen molar-refractivity contribution in [1.82, 2.24) is 5.32 Å². The van der Waals surface area contributed by atoms with Gasteiger partial charge in [0.15, 0.2) is 17.6 Å². The third-order valence-electron chi connectivity index (χ3n) is 3.87. The fraction of sp³-hybridized carbons (Fsp3) is 0.375. The van der Waals surface area contributed by atoms with Crippen molar-refractivity contribution in [2.24, 2.45) is 0 Å². The number of cyclic esters (lactones) is 1. The highest BCUT2D eigenvalue weighted by molar-refractivity contribution is 7.19. The lowest BCUT2D eigenvalue weighted by Crippen LogP contribution is -2.26. The summed E-state index contributed by atoms with van der Waals surface area (Å²) in [4.78, 5) is 22.2. The molecule has 1 aliphatic heterocycles. The molecule has 25 heavy (non-hydrogen) atoms. The third-order valence-corrected chi connectivity index (χ3v) is 5.08. The maximum absolute atomic E-state index is 14.5. The summed E-state index contributed by atoms with van der Waals surface area (Å²) < 4.78 is 44.7. The van der Waals surface area contributed by atoms with E-state index in [1.165, 1.54) is 20.3 Å². The maximum atomic E-state index is 14.5. The number of hydrogen-bond donors (Lipinski definition) is 1. The highest BCUT2D eigenvalue weighted by Gasteiger charge is 2.39. The van der Waals surface area contributed by atoms with E-state index in [-0.39, 0.29) is 11.3 Å². The topological polar surface area (TPSA) is 73.9 Å². The molecule has 1 aromatic carbocycles. The molecule has 0 bridgehead atoms. The van der Waals surface area contributed by atoms with E-state index in [1.807, 2.05) is 5.32 Å². The van der Waals surface area contributed by atoms with Gasteiger partial charge in [-0.25, -0.2) is 13.6 Å². The van der Waals surface area contributed by atoms with Gasteiger partial charge in [0.2, 0.25) is 0 Å². The predicted octanol–water partition coefficient (Wildman–Crippen LogP) is 3.43. The van der Waals surface area contributed by atoms with Gasteiger partial charge in [0, 0.05) is 17.2 Å². The number of rotatable bonds is 6. The molecule has 1 unspecified atom stereocenters. The average Bonchev–Trinajstić information content (AvgIpc) is 3.14. The average molecular weight is 371 g/mol. The van der Waals surface area contributed by atoms with Crippen molar-refractivity contribution in [3.05, 3.63) is 23.1 Å². The summed E-state index contributed by atoms with van der Waals surface area (Å²) >= 11 is 0.943. The molecule has 1 saturated heterocycles. The normalized spacial score (nSPS) is 17.5. The minimum Gasteiger partial charge on any atom is -0.493 e. The number of methoxy groups -OCH3 is 2. The second kappa shape index (κ2) is 6.47. The number of imide groups is 1. The molecule has 2 aromatic rings. The van der Waals surface area contributed by atoms with Crippen LogP contribution in [0.5, 0.6) is 11.5 Å². The largest absolute Gasteiger partial charge is 0.493 e. The van der Waals surface area contributed by atoms with Crippen molar-refractivity contribution in [1.29, 1.82) is 0 Å². The van der Waals surface area contributed by atoms with Crippen molar-refractivity contribution in [2.75, 3.05) is 14.2 Å².